The fourth-order valence-corrected chi connectivity index (χ4v) is 7.24. The number of rotatable bonds is 4. The molecule has 0 aliphatic rings. The molecular formula is C3H10N2O6Rf2S4. The number of nitrogens with zero attached hydrogens (tertiary/aromatic N) is 2. The van der Waals surface area contributed by atoms with Gasteiger partial charge in [-0.05, 0) is 0 Å². The fourth-order valence-electron chi connectivity index (χ4n) is 0.719. The molecule has 8 nitrogen and oxygen atoms in total. The van der Waals surface area contributed by atoms with E-state index in [4.69, 9.17) is 9.11 Å². The first kappa shape index (κ1) is 20.5. The van der Waals surface area contributed by atoms with Crippen molar-refractivity contribution in [1.29, 1.82) is 0 Å². The van der Waals surface area contributed by atoms with Gasteiger partial charge in [0.25, 0.3) is 22.5 Å². The predicted octanol–water partition coefficient (Wildman–Crippen LogP) is -0.587. The third kappa shape index (κ3) is 10.4. The first-order valence-electron chi connectivity index (χ1n) is 3.16. The molecule has 0 spiro atoms. The van der Waals surface area contributed by atoms with Crippen LogP contribution < -0.4 is 0 Å². The SMILES string of the molecule is CS(=O)(CS(C)(=O)=NS(=O)O)=NS(=O)O.[Rf].[Rf]. The van der Waals surface area contributed by atoms with E-state index < -0.39 is 47.1 Å². The van der Waals surface area contributed by atoms with Gasteiger partial charge < -0.3 is 0 Å². The Bertz CT molecular complexity index is 469. The van der Waals surface area contributed by atoms with Gasteiger partial charge in [0.15, 0.2) is 0 Å². The first-order chi connectivity index (χ1) is 6.54. The molecule has 0 aliphatic heterocycles. The molecule has 0 aromatic rings. The zero-order valence-electron chi connectivity index (χ0n) is 9.18. The summed E-state index contributed by atoms with van der Waals surface area (Å²) < 4.78 is 66.0. The van der Waals surface area contributed by atoms with Crippen molar-refractivity contribution in [1.82, 2.24) is 0 Å². The zero-order valence-corrected chi connectivity index (χ0v) is 25.2. The molecule has 0 bridgehead atoms. The van der Waals surface area contributed by atoms with Crippen LogP contribution in [0.25, 0.3) is 0 Å². The van der Waals surface area contributed by atoms with Gasteiger partial charge in [0.2, 0.25) is 0 Å². The predicted molar refractivity (Wildman–Crippen MR) is 59.4 cm³/mol. The Morgan fingerprint density at radius 2 is 1.18 bits per heavy atom. The van der Waals surface area contributed by atoms with Gasteiger partial charge in [0, 0.05) is 12.5 Å². The minimum Gasteiger partial charge on any atom is -0.287 e. The molecule has 0 heterocycles. The largest absolute Gasteiger partial charge is 0.290 e. The van der Waals surface area contributed by atoms with E-state index in [1.54, 1.807) is 0 Å². The minimum absolute atomic E-state index is 0. The summed E-state index contributed by atoms with van der Waals surface area (Å²) in [5, 5.41) is -0.640. The molecule has 0 aromatic carbocycles. The van der Waals surface area contributed by atoms with Crippen molar-refractivity contribution in [2.75, 3.05) is 17.6 Å². The van der Waals surface area contributed by atoms with E-state index >= 15 is 0 Å². The zero-order chi connectivity index (χ0) is 12.3. The second-order valence-corrected chi connectivity index (χ2v) is 9.54. The van der Waals surface area contributed by atoms with Crippen LogP contribution in [0.1, 0.15) is 0 Å². The molecule has 0 saturated heterocycles. The third-order valence-electron chi connectivity index (χ3n) is 0.880. The Kier molecular flexibility index (Phi) is 8.03. The van der Waals surface area contributed by atoms with Crippen molar-refractivity contribution < 1.29 is 25.9 Å². The molecule has 0 aliphatic carbocycles. The van der Waals surface area contributed by atoms with Gasteiger partial charge in [-0.1, -0.05) is 0 Å². The van der Waals surface area contributed by atoms with Crippen molar-refractivity contribution in [3.8, 4) is 0 Å². The van der Waals surface area contributed by atoms with E-state index in [0.29, 0.717) is 0 Å². The number of hydrogen-bond acceptors (Lipinski definition) is 4. The van der Waals surface area contributed by atoms with Crippen LogP contribution in [0.2, 0.25) is 0 Å². The Balaban J connectivity index is -0.000000980. The van der Waals surface area contributed by atoms with Crippen molar-refractivity contribution in [2.24, 2.45) is 7.54 Å². The first-order valence-corrected chi connectivity index (χ1v) is 9.47. The van der Waals surface area contributed by atoms with Gasteiger partial charge in [-0.15, -0.1) is 7.54 Å². The standard InChI is InChI=1S/C3H10N2O6S4.2Rf/c1-14(10,4-12(6)7)3-15(2,11)5-13(8)9;;/h3H2,1-2H3,(H,6,7)(H,8,9);;. The minimum atomic E-state index is -3.17. The summed E-state index contributed by atoms with van der Waals surface area (Å²) in [6.07, 6.45) is 2.03. The van der Waals surface area contributed by atoms with Crippen LogP contribution in [0.15, 0.2) is 7.54 Å². The molecule has 0 amide bonds. The fraction of sp³-hybridized carbons (Fsp3) is 1.00. The van der Waals surface area contributed by atoms with Gasteiger partial charge in [-0.2, -0.15) is 0 Å². The quantitative estimate of drug-likeness (QED) is 0.365. The second kappa shape index (κ2) is 6.65. The molecular weight excluding hydrogens is 822 g/mol. The van der Waals surface area contributed by atoms with Crippen LogP contribution in [-0.2, 0) is 42.0 Å². The molecule has 0 radical (unpaired) electrons. The maximum absolute atomic E-state index is 11.5. The molecule has 4 atom stereocenters. The average Bonchev–Trinajstić information content (AvgIpc) is 1.73. The Hall–Kier alpha value is -1.88. The van der Waals surface area contributed by atoms with E-state index in [2.05, 4.69) is 7.54 Å². The van der Waals surface area contributed by atoms with Gasteiger partial charge in [0.05, 0.1) is 19.5 Å². The topological polar surface area (TPSA) is 133 Å². The van der Waals surface area contributed by atoms with E-state index in [0.717, 1.165) is 12.5 Å². The normalized spacial score (nSPS) is 20.5. The molecule has 0 rings (SSSR count). The van der Waals surface area contributed by atoms with Crippen LogP contribution >= 0.6 is 0 Å². The van der Waals surface area contributed by atoms with E-state index in [1.165, 1.54) is 0 Å². The second-order valence-electron chi connectivity index (χ2n) is 2.65. The average molecular weight is 832 g/mol. The summed E-state index contributed by atoms with van der Waals surface area (Å²) in [7, 11) is -6.35. The molecule has 2 N–H and O–H groups in total. The van der Waals surface area contributed by atoms with Crippen molar-refractivity contribution in [3.63, 3.8) is 0 Å². The summed E-state index contributed by atoms with van der Waals surface area (Å²) in [5.74, 6) is 0. The van der Waals surface area contributed by atoms with Crippen LogP contribution in [0.5, 0.6) is 0 Å². The Labute approximate surface area is 93.1 Å². The summed E-state index contributed by atoms with van der Waals surface area (Å²) in [4.78, 5) is 0. The van der Waals surface area contributed by atoms with Crippen LogP contribution in [-0.4, -0.2) is 43.5 Å². The van der Waals surface area contributed by atoms with Crippen molar-refractivity contribution in [2.45, 2.75) is 0 Å². The van der Waals surface area contributed by atoms with Crippen LogP contribution in [0.4, 0.5) is 0 Å². The molecule has 0 saturated carbocycles. The van der Waals surface area contributed by atoms with E-state index in [1.807, 2.05) is 0 Å². The summed E-state index contributed by atoms with van der Waals surface area (Å²) >= 11 is -5.28. The Morgan fingerprint density at radius 1 is 0.941 bits per heavy atom. The maximum Gasteiger partial charge on any atom is 0.290 e. The maximum atomic E-state index is 11.5. The summed E-state index contributed by atoms with van der Waals surface area (Å²) in [5.41, 5.74) is 0. The van der Waals surface area contributed by atoms with Gasteiger partial charge in [-0.25, -0.2) is 16.8 Å². The van der Waals surface area contributed by atoms with Crippen molar-refractivity contribution >= 4 is 42.0 Å². The van der Waals surface area contributed by atoms with Gasteiger partial charge in [-0.3, -0.25) is 9.11 Å². The molecule has 0 aromatic heterocycles. The van der Waals surface area contributed by atoms with E-state index in [-0.39, 0.29) is 0 Å². The van der Waals surface area contributed by atoms with Gasteiger partial charge in [0.1, 0.15) is 5.08 Å². The summed E-state index contributed by atoms with van der Waals surface area (Å²) in [6.45, 7) is 0. The number of hydrogen-bond donors (Lipinski definition) is 2. The van der Waals surface area contributed by atoms with E-state index in [9.17, 15) is 16.8 Å². The smallest absolute Gasteiger partial charge is 0.287 e. The third-order valence-corrected chi connectivity index (χ3v) is 7.92. The monoisotopic (exact) mass is 832 g/mol. The molecule has 0 fully saturated rings. The Morgan fingerprint density at radius 3 is 1.35 bits per heavy atom. The summed E-state index contributed by atoms with van der Waals surface area (Å²) in [6, 6.07) is 0. The molecule has 4 unspecified atom stereocenters. The molecule has 96 valence electrons. The molecule has 14 heteroatoms. The van der Waals surface area contributed by atoms with Crippen molar-refractivity contribution in [3.05, 3.63) is 0 Å². The molecule has 17 heavy (non-hydrogen) atoms. The van der Waals surface area contributed by atoms with Gasteiger partial charge >= 0.3 is 0 Å². The van der Waals surface area contributed by atoms with Crippen LogP contribution in [0.3, 0.4) is 0 Å². The van der Waals surface area contributed by atoms with Crippen LogP contribution in [0, 0.1) is 0 Å².